The van der Waals surface area contributed by atoms with E-state index in [1.807, 2.05) is 36.4 Å². The second kappa shape index (κ2) is 7.81. The van der Waals surface area contributed by atoms with Crippen molar-refractivity contribution in [2.45, 2.75) is 52.2 Å². The van der Waals surface area contributed by atoms with Crippen molar-refractivity contribution in [1.82, 2.24) is 0 Å². The smallest absolute Gasteiger partial charge is 0.306 e. The SMILES string of the molecule is CC(CCc1ccc(OCc2cc(Cl)cc3c2OC(C)(C)C3)cc1)C(=O)O. The fourth-order valence-corrected chi connectivity index (χ4v) is 3.54. The third kappa shape index (κ3) is 4.95. The molecular weight excluding hydrogens is 364 g/mol. The van der Waals surface area contributed by atoms with Gasteiger partial charge in [-0.2, -0.15) is 0 Å². The first-order chi connectivity index (χ1) is 12.7. The molecule has 1 aliphatic heterocycles. The van der Waals surface area contributed by atoms with Crippen LogP contribution >= 0.6 is 11.6 Å². The van der Waals surface area contributed by atoms with Crippen molar-refractivity contribution in [2.75, 3.05) is 0 Å². The summed E-state index contributed by atoms with van der Waals surface area (Å²) in [7, 11) is 0. The Morgan fingerprint density at radius 2 is 2.00 bits per heavy atom. The molecule has 27 heavy (non-hydrogen) atoms. The van der Waals surface area contributed by atoms with Gasteiger partial charge < -0.3 is 14.6 Å². The summed E-state index contributed by atoms with van der Waals surface area (Å²) in [4.78, 5) is 10.9. The van der Waals surface area contributed by atoms with Crippen molar-refractivity contribution in [3.8, 4) is 11.5 Å². The number of carbonyl (C=O) groups is 1. The van der Waals surface area contributed by atoms with Crippen LogP contribution in [0.25, 0.3) is 0 Å². The monoisotopic (exact) mass is 388 g/mol. The predicted molar refractivity (Wildman–Crippen MR) is 106 cm³/mol. The van der Waals surface area contributed by atoms with Crippen LogP contribution < -0.4 is 9.47 Å². The highest BCUT2D eigenvalue weighted by molar-refractivity contribution is 6.30. The third-order valence-corrected chi connectivity index (χ3v) is 5.03. The molecule has 3 rings (SSSR count). The summed E-state index contributed by atoms with van der Waals surface area (Å²) < 4.78 is 12.0. The maximum atomic E-state index is 10.9. The molecule has 0 saturated carbocycles. The van der Waals surface area contributed by atoms with Gasteiger partial charge >= 0.3 is 5.97 Å². The van der Waals surface area contributed by atoms with E-state index in [-0.39, 0.29) is 11.5 Å². The number of hydrogen-bond acceptors (Lipinski definition) is 3. The van der Waals surface area contributed by atoms with Crippen LogP contribution in [-0.2, 0) is 24.2 Å². The fourth-order valence-electron chi connectivity index (χ4n) is 3.27. The first-order valence-electron chi connectivity index (χ1n) is 9.18. The van der Waals surface area contributed by atoms with Crippen molar-refractivity contribution in [2.24, 2.45) is 5.92 Å². The topological polar surface area (TPSA) is 55.8 Å². The van der Waals surface area contributed by atoms with Crippen LogP contribution in [0.5, 0.6) is 11.5 Å². The normalized spacial score (nSPS) is 15.7. The molecule has 1 atom stereocenters. The molecule has 1 heterocycles. The Bertz CT molecular complexity index is 827. The Hall–Kier alpha value is -2.20. The van der Waals surface area contributed by atoms with E-state index in [9.17, 15) is 4.79 Å². The van der Waals surface area contributed by atoms with E-state index >= 15 is 0 Å². The molecule has 2 aromatic carbocycles. The summed E-state index contributed by atoms with van der Waals surface area (Å²) in [5, 5.41) is 9.65. The van der Waals surface area contributed by atoms with Gasteiger partial charge in [-0.3, -0.25) is 4.79 Å². The lowest BCUT2D eigenvalue weighted by atomic mass is 10.0. The van der Waals surface area contributed by atoms with Crippen LogP contribution in [-0.4, -0.2) is 16.7 Å². The molecule has 144 valence electrons. The van der Waals surface area contributed by atoms with E-state index in [1.165, 1.54) is 0 Å². The Labute approximate surface area is 165 Å². The summed E-state index contributed by atoms with van der Waals surface area (Å²) in [5.41, 5.74) is 2.94. The lowest BCUT2D eigenvalue weighted by Crippen LogP contribution is -2.25. The molecular formula is C22H25ClO4. The highest BCUT2D eigenvalue weighted by Crippen LogP contribution is 2.40. The number of ether oxygens (including phenoxy) is 2. The van der Waals surface area contributed by atoms with Gasteiger partial charge in [-0.15, -0.1) is 0 Å². The minimum absolute atomic E-state index is 0.226. The maximum absolute atomic E-state index is 10.9. The minimum atomic E-state index is -0.755. The van der Waals surface area contributed by atoms with Crippen molar-refractivity contribution in [3.63, 3.8) is 0 Å². The molecule has 0 aliphatic carbocycles. The molecule has 0 saturated heterocycles. The van der Waals surface area contributed by atoms with Gasteiger partial charge in [0.1, 0.15) is 23.7 Å². The molecule has 0 spiro atoms. The molecule has 0 radical (unpaired) electrons. The Balaban J connectivity index is 1.62. The van der Waals surface area contributed by atoms with Crippen LogP contribution in [0.3, 0.4) is 0 Å². The number of rotatable bonds is 7. The van der Waals surface area contributed by atoms with Gasteiger partial charge in [0, 0.05) is 17.0 Å². The number of fused-ring (bicyclic) bond motifs is 1. The van der Waals surface area contributed by atoms with Crippen molar-refractivity contribution >= 4 is 17.6 Å². The van der Waals surface area contributed by atoms with E-state index in [4.69, 9.17) is 26.2 Å². The van der Waals surface area contributed by atoms with E-state index in [2.05, 4.69) is 13.8 Å². The molecule has 2 aromatic rings. The Kier molecular flexibility index (Phi) is 5.66. The standard InChI is InChI=1S/C22H25ClO4/c1-14(21(24)25)4-5-15-6-8-19(9-7-15)26-13-17-11-18(23)10-16-12-22(2,3)27-20(16)17/h6-11,14H,4-5,12-13H2,1-3H3,(H,24,25). The second-order valence-electron chi connectivity index (χ2n) is 7.80. The summed E-state index contributed by atoms with van der Waals surface area (Å²) in [5.74, 6) is 0.546. The molecule has 1 unspecified atom stereocenters. The molecule has 1 N–H and O–H groups in total. The second-order valence-corrected chi connectivity index (χ2v) is 8.24. The number of aliphatic carboxylic acids is 1. The zero-order valence-electron chi connectivity index (χ0n) is 15.9. The highest BCUT2D eigenvalue weighted by atomic mass is 35.5. The summed E-state index contributed by atoms with van der Waals surface area (Å²) in [6.45, 7) is 6.24. The molecule has 1 aliphatic rings. The van der Waals surface area contributed by atoms with E-state index in [0.29, 0.717) is 18.1 Å². The maximum Gasteiger partial charge on any atom is 0.306 e. The van der Waals surface area contributed by atoms with Gasteiger partial charge in [0.2, 0.25) is 0 Å². The zero-order chi connectivity index (χ0) is 19.6. The Morgan fingerprint density at radius 1 is 1.30 bits per heavy atom. The first kappa shape index (κ1) is 19.6. The molecule has 0 aromatic heterocycles. The van der Waals surface area contributed by atoms with Crippen LogP contribution in [0.4, 0.5) is 0 Å². The van der Waals surface area contributed by atoms with Crippen molar-refractivity contribution < 1.29 is 19.4 Å². The molecule has 0 fully saturated rings. The third-order valence-electron chi connectivity index (χ3n) is 4.81. The summed E-state index contributed by atoms with van der Waals surface area (Å²) >= 11 is 6.25. The van der Waals surface area contributed by atoms with Gasteiger partial charge in [0.15, 0.2) is 0 Å². The number of aryl methyl sites for hydroxylation is 1. The summed E-state index contributed by atoms with van der Waals surface area (Å²) in [6.07, 6.45) is 2.19. The van der Waals surface area contributed by atoms with E-state index in [0.717, 1.165) is 41.0 Å². The largest absolute Gasteiger partial charge is 0.489 e. The fraction of sp³-hybridized carbons (Fsp3) is 0.409. The van der Waals surface area contributed by atoms with Crippen molar-refractivity contribution in [3.05, 3.63) is 58.1 Å². The average molecular weight is 389 g/mol. The highest BCUT2D eigenvalue weighted by Gasteiger charge is 2.32. The molecule has 0 bridgehead atoms. The summed E-state index contributed by atoms with van der Waals surface area (Å²) in [6, 6.07) is 11.6. The van der Waals surface area contributed by atoms with Crippen LogP contribution in [0, 0.1) is 5.92 Å². The van der Waals surface area contributed by atoms with E-state index < -0.39 is 5.97 Å². The molecule has 4 nitrogen and oxygen atoms in total. The molecule has 0 amide bonds. The van der Waals surface area contributed by atoms with Crippen LogP contribution in [0.2, 0.25) is 5.02 Å². The Morgan fingerprint density at radius 3 is 2.67 bits per heavy atom. The number of carboxylic acids is 1. The predicted octanol–water partition coefficient (Wildman–Crippen LogP) is 5.29. The van der Waals surface area contributed by atoms with Gasteiger partial charge in [0.05, 0.1) is 5.92 Å². The van der Waals surface area contributed by atoms with Crippen molar-refractivity contribution in [1.29, 1.82) is 0 Å². The lowest BCUT2D eigenvalue weighted by Gasteiger charge is -2.18. The van der Waals surface area contributed by atoms with Gasteiger partial charge in [-0.1, -0.05) is 30.7 Å². The number of carboxylic acid groups (broad SMARTS) is 1. The van der Waals surface area contributed by atoms with Crippen LogP contribution in [0.1, 0.15) is 43.9 Å². The van der Waals surface area contributed by atoms with Gasteiger partial charge in [-0.25, -0.2) is 0 Å². The van der Waals surface area contributed by atoms with Crippen LogP contribution in [0.15, 0.2) is 36.4 Å². The zero-order valence-corrected chi connectivity index (χ0v) is 16.7. The van der Waals surface area contributed by atoms with Gasteiger partial charge in [0.25, 0.3) is 0 Å². The van der Waals surface area contributed by atoms with Gasteiger partial charge in [-0.05, 0) is 62.1 Å². The molecule has 5 heteroatoms. The number of benzene rings is 2. The minimum Gasteiger partial charge on any atom is -0.489 e. The lowest BCUT2D eigenvalue weighted by molar-refractivity contribution is -0.141. The first-order valence-corrected chi connectivity index (χ1v) is 9.56. The van der Waals surface area contributed by atoms with E-state index in [1.54, 1.807) is 6.92 Å². The number of hydrogen-bond donors (Lipinski definition) is 1. The number of halogens is 1. The average Bonchev–Trinajstić information content (AvgIpc) is 2.92. The quantitative estimate of drug-likeness (QED) is 0.700.